The van der Waals surface area contributed by atoms with Gasteiger partial charge in [-0.2, -0.15) is 0 Å². The predicted molar refractivity (Wildman–Crippen MR) is 71.6 cm³/mol. The maximum atomic E-state index is 13.5. The first kappa shape index (κ1) is 14.1. The van der Waals surface area contributed by atoms with Crippen molar-refractivity contribution >= 4 is 23.2 Å². The van der Waals surface area contributed by atoms with E-state index >= 15 is 0 Å². The van der Waals surface area contributed by atoms with E-state index in [0.29, 0.717) is 16.5 Å². The number of rotatable bonds is 5. The molecule has 0 bridgehead atoms. The topological polar surface area (TPSA) is 32.3 Å². The van der Waals surface area contributed by atoms with Gasteiger partial charge in [0, 0.05) is 5.02 Å². The zero-order chi connectivity index (χ0) is 13.3. The molecule has 100 valence electrons. The van der Waals surface area contributed by atoms with E-state index in [1.54, 1.807) is 0 Å². The molecule has 0 spiro atoms. The summed E-state index contributed by atoms with van der Waals surface area (Å²) in [5.74, 6) is 0.135. The van der Waals surface area contributed by atoms with Crippen LogP contribution >= 0.6 is 23.2 Å². The molecule has 1 aromatic rings. The van der Waals surface area contributed by atoms with E-state index in [2.05, 4.69) is 5.32 Å². The lowest BCUT2D eigenvalue weighted by Gasteiger charge is -2.30. The lowest BCUT2D eigenvalue weighted by atomic mass is 9.92. The highest BCUT2D eigenvalue weighted by Crippen LogP contribution is 2.34. The molecule has 2 rings (SSSR count). The van der Waals surface area contributed by atoms with Crippen molar-refractivity contribution in [1.29, 1.82) is 0 Å². The van der Waals surface area contributed by atoms with Crippen LogP contribution in [0.4, 0.5) is 4.39 Å². The van der Waals surface area contributed by atoms with Crippen molar-refractivity contribution < 1.29 is 9.50 Å². The number of benzene rings is 1. The summed E-state index contributed by atoms with van der Waals surface area (Å²) in [4.78, 5) is 0. The van der Waals surface area contributed by atoms with Gasteiger partial charge in [0.15, 0.2) is 0 Å². The van der Waals surface area contributed by atoms with Crippen LogP contribution in [0.3, 0.4) is 0 Å². The minimum atomic E-state index is -0.745. The Labute approximate surface area is 116 Å². The molecule has 1 fully saturated rings. The van der Waals surface area contributed by atoms with Gasteiger partial charge in [0.25, 0.3) is 0 Å². The van der Waals surface area contributed by atoms with E-state index in [-0.39, 0.29) is 11.6 Å². The SMILES string of the molecule is CC(CO)(NCC1CC1)c1cc(F)c(Cl)cc1Cl. The molecule has 1 unspecified atom stereocenters. The van der Waals surface area contributed by atoms with Gasteiger partial charge in [0.2, 0.25) is 0 Å². The Morgan fingerprint density at radius 3 is 2.61 bits per heavy atom. The second-order valence-electron chi connectivity index (χ2n) is 5.06. The van der Waals surface area contributed by atoms with Crippen molar-refractivity contribution in [2.24, 2.45) is 5.92 Å². The predicted octanol–water partition coefficient (Wildman–Crippen LogP) is 3.34. The van der Waals surface area contributed by atoms with Crippen LogP contribution in [-0.2, 0) is 5.54 Å². The molecular weight excluding hydrogens is 276 g/mol. The van der Waals surface area contributed by atoms with E-state index in [9.17, 15) is 9.50 Å². The molecule has 0 heterocycles. The molecule has 0 aromatic heterocycles. The minimum Gasteiger partial charge on any atom is -0.394 e. The molecule has 1 atom stereocenters. The second kappa shape index (κ2) is 5.33. The first-order chi connectivity index (χ1) is 8.46. The maximum absolute atomic E-state index is 13.5. The number of halogens is 3. The summed E-state index contributed by atoms with van der Waals surface area (Å²) >= 11 is 11.8. The Morgan fingerprint density at radius 2 is 2.06 bits per heavy atom. The second-order valence-corrected chi connectivity index (χ2v) is 5.88. The number of nitrogens with one attached hydrogen (secondary N) is 1. The van der Waals surface area contributed by atoms with Crippen molar-refractivity contribution in [3.05, 3.63) is 33.6 Å². The van der Waals surface area contributed by atoms with Gasteiger partial charge in [-0.05, 0) is 49.9 Å². The third-order valence-corrected chi connectivity index (χ3v) is 4.00. The summed E-state index contributed by atoms with van der Waals surface area (Å²) in [6.07, 6.45) is 2.41. The normalized spacial score (nSPS) is 18.7. The van der Waals surface area contributed by atoms with Crippen LogP contribution in [-0.4, -0.2) is 18.3 Å². The summed E-state index contributed by atoms with van der Waals surface area (Å²) in [6, 6.07) is 2.67. The zero-order valence-corrected chi connectivity index (χ0v) is 11.7. The maximum Gasteiger partial charge on any atom is 0.142 e. The van der Waals surface area contributed by atoms with Crippen LogP contribution in [0.1, 0.15) is 25.3 Å². The van der Waals surface area contributed by atoms with Gasteiger partial charge in [0.1, 0.15) is 5.82 Å². The molecule has 2 N–H and O–H groups in total. The van der Waals surface area contributed by atoms with Crippen LogP contribution in [0, 0.1) is 11.7 Å². The summed E-state index contributed by atoms with van der Waals surface area (Å²) in [5.41, 5.74) is -0.209. The Kier molecular flexibility index (Phi) is 4.17. The van der Waals surface area contributed by atoms with Gasteiger partial charge in [-0.25, -0.2) is 4.39 Å². The quantitative estimate of drug-likeness (QED) is 0.816. The molecule has 18 heavy (non-hydrogen) atoms. The lowest BCUT2D eigenvalue weighted by molar-refractivity contribution is 0.173. The molecule has 0 amide bonds. The van der Waals surface area contributed by atoms with Crippen LogP contribution < -0.4 is 5.32 Å². The number of hydrogen-bond donors (Lipinski definition) is 2. The van der Waals surface area contributed by atoms with Gasteiger partial charge < -0.3 is 10.4 Å². The van der Waals surface area contributed by atoms with E-state index in [4.69, 9.17) is 23.2 Å². The standard InChI is InChI=1S/C13H16Cl2FNO/c1-13(7-18,17-6-8-2-3-8)9-4-12(16)11(15)5-10(9)14/h4-5,8,17-18H,2-3,6-7H2,1H3. The zero-order valence-electron chi connectivity index (χ0n) is 10.1. The summed E-state index contributed by atoms with van der Waals surface area (Å²) in [6.45, 7) is 2.46. The van der Waals surface area contributed by atoms with Crippen LogP contribution in [0.2, 0.25) is 10.0 Å². The lowest BCUT2D eigenvalue weighted by Crippen LogP contribution is -2.44. The average molecular weight is 292 g/mol. The Morgan fingerprint density at radius 1 is 1.39 bits per heavy atom. The van der Waals surface area contributed by atoms with Gasteiger partial charge in [0.05, 0.1) is 17.2 Å². The smallest absolute Gasteiger partial charge is 0.142 e. The molecule has 1 aromatic carbocycles. The van der Waals surface area contributed by atoms with Gasteiger partial charge in [-0.15, -0.1) is 0 Å². The van der Waals surface area contributed by atoms with E-state index in [1.807, 2.05) is 6.92 Å². The van der Waals surface area contributed by atoms with E-state index < -0.39 is 11.4 Å². The van der Waals surface area contributed by atoms with Crippen molar-refractivity contribution in [3.8, 4) is 0 Å². The van der Waals surface area contributed by atoms with Crippen molar-refractivity contribution in [3.63, 3.8) is 0 Å². The van der Waals surface area contributed by atoms with Crippen molar-refractivity contribution in [2.45, 2.75) is 25.3 Å². The summed E-state index contributed by atoms with van der Waals surface area (Å²) in [7, 11) is 0. The first-order valence-corrected chi connectivity index (χ1v) is 6.73. The highest BCUT2D eigenvalue weighted by atomic mass is 35.5. The third-order valence-electron chi connectivity index (χ3n) is 3.40. The van der Waals surface area contributed by atoms with Gasteiger partial charge >= 0.3 is 0 Å². The fourth-order valence-corrected chi connectivity index (χ4v) is 2.47. The molecule has 0 radical (unpaired) electrons. The van der Waals surface area contributed by atoms with Crippen LogP contribution in [0.5, 0.6) is 0 Å². The average Bonchev–Trinajstić information content (AvgIpc) is 3.15. The minimum absolute atomic E-state index is 0.00812. The Hall–Kier alpha value is -0.350. The summed E-state index contributed by atoms with van der Waals surface area (Å²) in [5, 5.41) is 13.2. The third kappa shape index (κ3) is 2.97. The number of aliphatic hydroxyl groups excluding tert-OH is 1. The van der Waals surface area contributed by atoms with Gasteiger partial charge in [-0.3, -0.25) is 0 Å². The monoisotopic (exact) mass is 291 g/mol. The highest BCUT2D eigenvalue weighted by Gasteiger charge is 2.31. The first-order valence-electron chi connectivity index (χ1n) is 5.97. The molecule has 0 saturated heterocycles. The van der Waals surface area contributed by atoms with E-state index in [0.717, 1.165) is 6.54 Å². The van der Waals surface area contributed by atoms with Crippen molar-refractivity contribution in [2.75, 3.05) is 13.2 Å². The largest absolute Gasteiger partial charge is 0.394 e. The van der Waals surface area contributed by atoms with Crippen molar-refractivity contribution in [1.82, 2.24) is 5.32 Å². The molecule has 1 saturated carbocycles. The number of aliphatic hydroxyl groups is 1. The van der Waals surface area contributed by atoms with Crippen LogP contribution in [0.15, 0.2) is 12.1 Å². The molecule has 1 aliphatic rings. The highest BCUT2D eigenvalue weighted by molar-refractivity contribution is 6.35. The Bertz CT molecular complexity index is 451. The fraction of sp³-hybridized carbons (Fsp3) is 0.538. The number of hydrogen-bond acceptors (Lipinski definition) is 2. The molecule has 2 nitrogen and oxygen atoms in total. The summed E-state index contributed by atoms with van der Waals surface area (Å²) < 4.78 is 13.5. The Balaban J connectivity index is 2.26. The fourth-order valence-electron chi connectivity index (χ4n) is 1.87. The van der Waals surface area contributed by atoms with Gasteiger partial charge in [-0.1, -0.05) is 23.2 Å². The van der Waals surface area contributed by atoms with E-state index in [1.165, 1.54) is 25.0 Å². The van der Waals surface area contributed by atoms with Crippen LogP contribution in [0.25, 0.3) is 0 Å². The molecule has 0 aliphatic heterocycles. The molecular formula is C13H16Cl2FNO. The molecule has 1 aliphatic carbocycles. The molecule has 5 heteroatoms.